The number of methoxy groups -OCH3 is 1. The lowest BCUT2D eigenvalue weighted by Gasteiger charge is -2.26. The van der Waals surface area contributed by atoms with Crippen molar-refractivity contribution in [2.75, 3.05) is 27.7 Å². The number of nitrogens with zero attached hydrogens (tertiary/aromatic N) is 1. The van der Waals surface area contributed by atoms with Crippen LogP contribution < -0.4 is 20.9 Å². The Morgan fingerprint density at radius 2 is 1.92 bits per heavy atom. The number of likely N-dealkylation sites (N-methyl/N-ethyl adjacent to an activating group) is 1. The van der Waals surface area contributed by atoms with E-state index in [-0.39, 0.29) is 28.9 Å². The van der Waals surface area contributed by atoms with Crippen LogP contribution in [0.1, 0.15) is 25.5 Å². The van der Waals surface area contributed by atoms with E-state index in [9.17, 15) is 4.79 Å². The van der Waals surface area contributed by atoms with Gasteiger partial charge in [-0.2, -0.15) is 0 Å². The van der Waals surface area contributed by atoms with Crippen molar-refractivity contribution in [3.8, 4) is 5.75 Å². The normalized spacial score (nSPS) is 24.6. The summed E-state index contributed by atoms with van der Waals surface area (Å²) in [6.07, 6.45) is 0. The van der Waals surface area contributed by atoms with Gasteiger partial charge in [-0.25, -0.2) is 5.43 Å². The lowest BCUT2D eigenvalue weighted by atomic mass is 9.99. The lowest BCUT2D eigenvalue weighted by molar-refractivity contribution is -0.122. The predicted molar refractivity (Wildman–Crippen MR) is 104 cm³/mol. The van der Waals surface area contributed by atoms with Gasteiger partial charge >= 0.3 is 0 Å². The molecule has 1 aromatic rings. The number of rotatable bonds is 7. The number of amides is 1. The fourth-order valence-corrected chi connectivity index (χ4v) is 4.14. The minimum Gasteiger partial charge on any atom is -0.497 e. The molecular weight excluding hydrogens is 384 g/mol. The van der Waals surface area contributed by atoms with Crippen LogP contribution in [0.3, 0.4) is 0 Å². The van der Waals surface area contributed by atoms with Crippen LogP contribution in [-0.2, 0) is 4.79 Å². The molecule has 1 fully saturated rings. The van der Waals surface area contributed by atoms with Crippen molar-refractivity contribution < 1.29 is 9.53 Å². The number of ether oxygens (including phenoxy) is 1. The summed E-state index contributed by atoms with van der Waals surface area (Å²) in [6, 6.07) is 7.99. The molecule has 0 aliphatic carbocycles. The first-order valence-electron chi connectivity index (χ1n) is 8.58. The van der Waals surface area contributed by atoms with Crippen molar-refractivity contribution in [2.24, 2.45) is 5.92 Å². The molecule has 1 amide bonds. The number of halogens is 1. The van der Waals surface area contributed by atoms with Crippen LogP contribution in [0.4, 0.5) is 0 Å². The number of carbonyl (C=O) groups excluding carboxylic acids is 1. The molecule has 2 rings (SSSR count). The molecular formula is C18H29BrN4O2. The zero-order valence-corrected chi connectivity index (χ0v) is 17.1. The average Bonchev–Trinajstić information content (AvgIpc) is 2.97. The van der Waals surface area contributed by atoms with Gasteiger partial charge in [0.25, 0.3) is 0 Å². The molecule has 1 aliphatic heterocycles. The number of hydrazine groups is 1. The summed E-state index contributed by atoms with van der Waals surface area (Å²) in [5.74, 6) is 1.26. The molecule has 3 N–H and O–H groups in total. The van der Waals surface area contributed by atoms with E-state index in [1.54, 1.807) is 7.11 Å². The van der Waals surface area contributed by atoms with Crippen LogP contribution >= 0.6 is 15.9 Å². The van der Waals surface area contributed by atoms with Crippen LogP contribution in [0.5, 0.6) is 5.75 Å². The Hall–Kier alpha value is -1.15. The molecule has 0 radical (unpaired) electrons. The van der Waals surface area contributed by atoms with E-state index in [1.165, 1.54) is 0 Å². The second-order valence-electron chi connectivity index (χ2n) is 6.98. The molecule has 1 heterocycles. The van der Waals surface area contributed by atoms with E-state index in [2.05, 4.69) is 50.8 Å². The second kappa shape index (κ2) is 8.98. The third-order valence-electron chi connectivity index (χ3n) is 4.66. The number of nitrogens with one attached hydrogen (secondary N) is 3. The highest BCUT2D eigenvalue weighted by Crippen LogP contribution is 2.23. The van der Waals surface area contributed by atoms with Gasteiger partial charge in [-0.15, -0.1) is 0 Å². The van der Waals surface area contributed by atoms with E-state index < -0.39 is 0 Å². The van der Waals surface area contributed by atoms with Crippen LogP contribution in [0.2, 0.25) is 0 Å². The van der Waals surface area contributed by atoms with Crippen molar-refractivity contribution in [3.05, 3.63) is 29.8 Å². The maximum atomic E-state index is 12.6. The summed E-state index contributed by atoms with van der Waals surface area (Å²) in [5.41, 5.74) is 7.45. The second-order valence-corrected chi connectivity index (χ2v) is 8.04. The molecule has 0 bridgehead atoms. The SMILES string of the molecule is COc1ccc(C(CNC(=O)C2NNC(C(C)C)C2Br)N(C)C)cc1. The van der Waals surface area contributed by atoms with E-state index >= 15 is 0 Å². The van der Waals surface area contributed by atoms with Gasteiger partial charge in [0.05, 0.1) is 18.0 Å². The summed E-state index contributed by atoms with van der Waals surface area (Å²) in [7, 11) is 5.68. The number of hydrogen-bond donors (Lipinski definition) is 3. The monoisotopic (exact) mass is 412 g/mol. The first kappa shape index (κ1) is 20.2. The topological polar surface area (TPSA) is 65.6 Å². The van der Waals surface area contributed by atoms with Gasteiger partial charge in [-0.1, -0.05) is 41.9 Å². The van der Waals surface area contributed by atoms with Crippen molar-refractivity contribution in [2.45, 2.75) is 36.8 Å². The van der Waals surface area contributed by atoms with Gasteiger partial charge in [-0.3, -0.25) is 10.2 Å². The lowest BCUT2D eigenvalue weighted by Crippen LogP contribution is -2.47. The molecule has 1 aliphatic rings. The van der Waals surface area contributed by atoms with Gasteiger partial charge in [0.15, 0.2) is 0 Å². The van der Waals surface area contributed by atoms with Gasteiger partial charge in [0.1, 0.15) is 11.8 Å². The highest BCUT2D eigenvalue weighted by atomic mass is 79.9. The van der Waals surface area contributed by atoms with Gasteiger partial charge < -0.3 is 15.0 Å². The number of benzene rings is 1. The third-order valence-corrected chi connectivity index (χ3v) is 5.76. The summed E-state index contributed by atoms with van der Waals surface area (Å²) >= 11 is 3.66. The largest absolute Gasteiger partial charge is 0.497 e. The molecule has 4 atom stereocenters. The molecule has 25 heavy (non-hydrogen) atoms. The van der Waals surface area contributed by atoms with Crippen LogP contribution in [0.25, 0.3) is 0 Å². The van der Waals surface area contributed by atoms with Crippen LogP contribution in [0, 0.1) is 5.92 Å². The molecule has 0 spiro atoms. The van der Waals surface area contributed by atoms with Crippen LogP contribution in [-0.4, -0.2) is 55.5 Å². The molecule has 140 valence electrons. The zero-order valence-electron chi connectivity index (χ0n) is 15.5. The highest BCUT2D eigenvalue weighted by molar-refractivity contribution is 9.09. The van der Waals surface area contributed by atoms with Crippen molar-refractivity contribution in [3.63, 3.8) is 0 Å². The number of alkyl halides is 1. The quantitative estimate of drug-likeness (QED) is 0.594. The Morgan fingerprint density at radius 1 is 1.28 bits per heavy atom. The summed E-state index contributed by atoms with van der Waals surface area (Å²) in [4.78, 5) is 14.8. The van der Waals surface area contributed by atoms with Crippen molar-refractivity contribution in [1.82, 2.24) is 21.1 Å². The molecule has 6 nitrogen and oxygen atoms in total. The summed E-state index contributed by atoms with van der Waals surface area (Å²) in [5, 5.41) is 3.08. The maximum Gasteiger partial charge on any atom is 0.239 e. The number of hydrogen-bond acceptors (Lipinski definition) is 5. The Morgan fingerprint density at radius 3 is 2.40 bits per heavy atom. The zero-order chi connectivity index (χ0) is 18.6. The summed E-state index contributed by atoms with van der Waals surface area (Å²) in [6.45, 7) is 4.82. The van der Waals surface area contributed by atoms with Crippen molar-refractivity contribution in [1.29, 1.82) is 0 Å². The molecule has 1 aromatic carbocycles. The Balaban J connectivity index is 1.97. The first-order chi connectivity index (χ1) is 11.8. The highest BCUT2D eigenvalue weighted by Gasteiger charge is 2.39. The smallest absolute Gasteiger partial charge is 0.239 e. The van der Waals surface area contributed by atoms with Crippen molar-refractivity contribution >= 4 is 21.8 Å². The maximum absolute atomic E-state index is 12.6. The third kappa shape index (κ3) is 4.94. The minimum atomic E-state index is -0.286. The van der Waals surface area contributed by atoms with Gasteiger partial charge in [0.2, 0.25) is 5.91 Å². The summed E-state index contributed by atoms with van der Waals surface area (Å²) < 4.78 is 5.21. The van der Waals surface area contributed by atoms with Crippen LogP contribution in [0.15, 0.2) is 24.3 Å². The molecule has 1 saturated heterocycles. The Labute approximate surface area is 158 Å². The molecule has 0 saturated carbocycles. The van der Waals surface area contributed by atoms with E-state index in [0.29, 0.717) is 12.5 Å². The fraction of sp³-hybridized carbons (Fsp3) is 0.611. The van der Waals surface area contributed by atoms with E-state index in [0.717, 1.165) is 11.3 Å². The Bertz CT molecular complexity index is 565. The standard InChI is InChI=1S/C18H29BrN4O2/c1-11(2)16-15(19)17(22-21-16)18(24)20-10-14(23(3)4)12-6-8-13(25-5)9-7-12/h6-9,11,14-17,21-22H,10H2,1-5H3,(H,20,24). The van der Waals surface area contributed by atoms with E-state index in [4.69, 9.17) is 4.74 Å². The predicted octanol–water partition coefficient (Wildman–Crippen LogP) is 1.68. The number of carbonyl (C=O) groups is 1. The molecule has 7 heteroatoms. The first-order valence-corrected chi connectivity index (χ1v) is 9.50. The Kier molecular flexibility index (Phi) is 7.25. The van der Waals surface area contributed by atoms with Gasteiger partial charge in [-0.05, 0) is 37.7 Å². The van der Waals surface area contributed by atoms with E-state index in [1.807, 2.05) is 38.4 Å². The fourth-order valence-electron chi connectivity index (χ4n) is 3.03. The molecule has 4 unspecified atom stereocenters. The average molecular weight is 413 g/mol. The minimum absolute atomic E-state index is 0.00196. The molecule has 0 aromatic heterocycles. The van der Waals surface area contributed by atoms with Gasteiger partial charge in [0, 0.05) is 12.6 Å².